The van der Waals surface area contributed by atoms with E-state index < -0.39 is 5.91 Å². The molecule has 4 rings (SSSR count). The van der Waals surface area contributed by atoms with Crippen LogP contribution in [0.5, 0.6) is 5.75 Å². The highest BCUT2D eigenvalue weighted by Crippen LogP contribution is 2.26. The van der Waals surface area contributed by atoms with E-state index in [0.29, 0.717) is 16.9 Å². The Morgan fingerprint density at radius 2 is 1.74 bits per heavy atom. The third-order valence-electron chi connectivity index (χ3n) is 6.41. The first-order valence-electron chi connectivity index (χ1n) is 12.0. The number of ether oxygens (including phenoxy) is 1. The largest absolute Gasteiger partial charge is 0.488 e. The molecular weight excluding hydrogens is 442 g/mol. The van der Waals surface area contributed by atoms with E-state index in [-0.39, 0.29) is 18.6 Å². The van der Waals surface area contributed by atoms with Crippen LogP contribution < -0.4 is 15.5 Å². The highest BCUT2D eigenvalue weighted by Gasteiger charge is 2.21. The molecule has 1 aliphatic heterocycles. The number of carbonyl (C=O) groups excluding carboxylic acids is 2. The molecule has 0 unspecified atom stereocenters. The van der Waals surface area contributed by atoms with Gasteiger partial charge in [0.1, 0.15) is 12.4 Å². The highest BCUT2D eigenvalue weighted by atomic mass is 16.5. The fourth-order valence-corrected chi connectivity index (χ4v) is 4.32. The molecule has 0 aromatic heterocycles. The SMILES string of the molecule is CCN1CCC(NC(=O)/C(=C/c2ccc(C(=O)NO)cc2)COc2cccc3ccccc23)CC1. The molecule has 35 heavy (non-hydrogen) atoms. The molecule has 3 aromatic rings. The molecule has 0 atom stereocenters. The second kappa shape index (κ2) is 11.6. The smallest absolute Gasteiger partial charge is 0.274 e. The molecule has 1 heterocycles. The summed E-state index contributed by atoms with van der Waals surface area (Å²) in [6.45, 7) is 5.23. The van der Waals surface area contributed by atoms with Gasteiger partial charge in [0.05, 0.1) is 5.57 Å². The van der Waals surface area contributed by atoms with Crippen LogP contribution in [0.25, 0.3) is 16.8 Å². The number of rotatable bonds is 8. The molecule has 2 amide bonds. The second-order valence-electron chi connectivity index (χ2n) is 8.68. The normalized spacial score (nSPS) is 15.1. The van der Waals surface area contributed by atoms with Crippen LogP contribution in [-0.2, 0) is 4.79 Å². The Morgan fingerprint density at radius 1 is 1.03 bits per heavy atom. The number of likely N-dealkylation sites (tertiary alicyclic amines) is 1. The summed E-state index contributed by atoms with van der Waals surface area (Å²) in [5.74, 6) is -0.0263. The summed E-state index contributed by atoms with van der Waals surface area (Å²) in [6, 6.07) is 20.6. The molecule has 3 N–H and O–H groups in total. The summed E-state index contributed by atoms with van der Waals surface area (Å²) in [5.41, 5.74) is 3.20. The van der Waals surface area contributed by atoms with Crippen LogP contribution in [0.4, 0.5) is 0 Å². The van der Waals surface area contributed by atoms with Gasteiger partial charge in [-0.1, -0.05) is 55.5 Å². The van der Waals surface area contributed by atoms with E-state index in [4.69, 9.17) is 9.94 Å². The first kappa shape index (κ1) is 24.4. The molecule has 1 aliphatic rings. The van der Waals surface area contributed by atoms with Crippen LogP contribution in [0.3, 0.4) is 0 Å². The van der Waals surface area contributed by atoms with Gasteiger partial charge in [0.25, 0.3) is 11.8 Å². The van der Waals surface area contributed by atoms with E-state index in [1.165, 1.54) is 0 Å². The number of hydrogen-bond donors (Lipinski definition) is 3. The second-order valence-corrected chi connectivity index (χ2v) is 8.68. The number of carbonyl (C=O) groups is 2. The molecule has 0 bridgehead atoms. The van der Waals surface area contributed by atoms with E-state index in [0.717, 1.165) is 48.8 Å². The number of amides is 2. The van der Waals surface area contributed by atoms with Gasteiger partial charge in [-0.3, -0.25) is 14.8 Å². The summed E-state index contributed by atoms with van der Waals surface area (Å²) in [7, 11) is 0. The van der Waals surface area contributed by atoms with Crippen LogP contribution in [-0.4, -0.2) is 54.2 Å². The Balaban J connectivity index is 1.54. The minimum Gasteiger partial charge on any atom is -0.488 e. The summed E-state index contributed by atoms with van der Waals surface area (Å²) in [4.78, 5) is 27.3. The first-order valence-corrected chi connectivity index (χ1v) is 12.0. The monoisotopic (exact) mass is 473 g/mol. The Hall–Kier alpha value is -3.68. The molecule has 0 saturated carbocycles. The standard InChI is InChI=1S/C28H31N3O4/c1-2-31-16-14-24(15-17-31)29-27(32)23(18-20-10-12-22(13-11-20)28(33)30-34)19-35-26-9-5-7-21-6-3-4-8-25(21)26/h3-13,18,24,34H,2,14-17,19H2,1H3,(H,29,32)(H,30,33)/b23-18+. The highest BCUT2D eigenvalue weighted by molar-refractivity contribution is 5.99. The lowest BCUT2D eigenvalue weighted by Crippen LogP contribution is -2.45. The van der Waals surface area contributed by atoms with Crippen LogP contribution in [0, 0.1) is 0 Å². The fraction of sp³-hybridized carbons (Fsp3) is 0.286. The van der Waals surface area contributed by atoms with Gasteiger partial charge in [0, 0.05) is 30.1 Å². The molecule has 7 heteroatoms. The molecule has 3 aromatic carbocycles. The molecule has 1 saturated heterocycles. The maximum Gasteiger partial charge on any atom is 0.274 e. The van der Waals surface area contributed by atoms with Crippen LogP contribution in [0.2, 0.25) is 0 Å². The topological polar surface area (TPSA) is 90.9 Å². The number of hydroxylamine groups is 1. The van der Waals surface area contributed by atoms with Gasteiger partial charge in [-0.25, -0.2) is 5.48 Å². The molecule has 0 spiro atoms. The van der Waals surface area contributed by atoms with Crippen molar-refractivity contribution in [3.8, 4) is 5.75 Å². The molecule has 1 fully saturated rings. The predicted octanol–water partition coefficient (Wildman–Crippen LogP) is 4.02. The van der Waals surface area contributed by atoms with E-state index in [9.17, 15) is 9.59 Å². The third-order valence-corrected chi connectivity index (χ3v) is 6.41. The van der Waals surface area contributed by atoms with Crippen molar-refractivity contribution in [3.63, 3.8) is 0 Å². The fourth-order valence-electron chi connectivity index (χ4n) is 4.32. The van der Waals surface area contributed by atoms with Gasteiger partial charge in [-0.15, -0.1) is 0 Å². The van der Waals surface area contributed by atoms with Crippen molar-refractivity contribution in [2.24, 2.45) is 0 Å². The van der Waals surface area contributed by atoms with Crippen molar-refractivity contribution in [2.45, 2.75) is 25.8 Å². The number of benzene rings is 3. The predicted molar refractivity (Wildman–Crippen MR) is 136 cm³/mol. The zero-order valence-corrected chi connectivity index (χ0v) is 19.9. The number of fused-ring (bicyclic) bond motifs is 1. The number of nitrogens with zero attached hydrogens (tertiary/aromatic N) is 1. The van der Waals surface area contributed by atoms with Gasteiger partial charge >= 0.3 is 0 Å². The third kappa shape index (κ3) is 6.26. The van der Waals surface area contributed by atoms with Gasteiger partial charge in [-0.05, 0) is 54.6 Å². The van der Waals surface area contributed by atoms with Crippen LogP contribution in [0.1, 0.15) is 35.7 Å². The Labute approximate surface area is 205 Å². The Bertz CT molecular complexity index is 1190. The lowest BCUT2D eigenvalue weighted by molar-refractivity contribution is -0.118. The summed E-state index contributed by atoms with van der Waals surface area (Å²) in [5, 5.41) is 14.1. The number of nitrogens with one attached hydrogen (secondary N) is 2. The lowest BCUT2D eigenvalue weighted by atomic mass is 10.0. The molecule has 182 valence electrons. The van der Waals surface area contributed by atoms with E-state index in [2.05, 4.69) is 17.1 Å². The van der Waals surface area contributed by atoms with Crippen molar-refractivity contribution < 1.29 is 19.5 Å². The summed E-state index contributed by atoms with van der Waals surface area (Å²) >= 11 is 0. The van der Waals surface area contributed by atoms with Gasteiger partial charge in [0.2, 0.25) is 0 Å². The molecule has 0 aliphatic carbocycles. The van der Waals surface area contributed by atoms with Crippen LogP contribution in [0.15, 0.2) is 72.3 Å². The van der Waals surface area contributed by atoms with E-state index >= 15 is 0 Å². The van der Waals surface area contributed by atoms with Gasteiger partial charge < -0.3 is 15.0 Å². The van der Waals surface area contributed by atoms with Crippen molar-refractivity contribution in [2.75, 3.05) is 26.2 Å². The minimum absolute atomic E-state index is 0.104. The van der Waals surface area contributed by atoms with Crippen molar-refractivity contribution in [1.29, 1.82) is 0 Å². The van der Waals surface area contributed by atoms with Gasteiger partial charge in [-0.2, -0.15) is 0 Å². The van der Waals surface area contributed by atoms with Crippen molar-refractivity contribution in [3.05, 3.63) is 83.4 Å². The van der Waals surface area contributed by atoms with E-state index in [1.807, 2.05) is 42.5 Å². The average Bonchev–Trinajstić information content (AvgIpc) is 2.91. The maximum absolute atomic E-state index is 13.3. The van der Waals surface area contributed by atoms with Gasteiger partial charge in [0.15, 0.2) is 0 Å². The maximum atomic E-state index is 13.3. The quantitative estimate of drug-likeness (QED) is 0.261. The minimum atomic E-state index is -0.587. The number of hydrogen-bond acceptors (Lipinski definition) is 5. The van der Waals surface area contributed by atoms with Crippen LogP contribution >= 0.6 is 0 Å². The van der Waals surface area contributed by atoms with E-state index in [1.54, 1.807) is 35.8 Å². The van der Waals surface area contributed by atoms with Crippen molar-refractivity contribution >= 4 is 28.7 Å². The summed E-state index contributed by atoms with van der Waals surface area (Å²) < 4.78 is 6.14. The first-order chi connectivity index (χ1) is 17.1. The lowest BCUT2D eigenvalue weighted by Gasteiger charge is -2.31. The summed E-state index contributed by atoms with van der Waals surface area (Å²) in [6.07, 6.45) is 3.62. The zero-order chi connectivity index (χ0) is 24.6. The zero-order valence-electron chi connectivity index (χ0n) is 19.9. The Kier molecular flexibility index (Phi) is 8.13. The molecular formula is C28H31N3O4. The molecule has 0 radical (unpaired) electrons. The number of piperidine rings is 1. The van der Waals surface area contributed by atoms with Crippen molar-refractivity contribution in [1.82, 2.24) is 15.7 Å². The molecule has 7 nitrogen and oxygen atoms in total. The Morgan fingerprint density at radius 3 is 2.46 bits per heavy atom. The average molecular weight is 474 g/mol.